The molecule has 0 aliphatic heterocycles. The Morgan fingerprint density at radius 3 is 2.16 bits per heavy atom. The Labute approximate surface area is 167 Å². The number of benzene rings is 3. The van der Waals surface area contributed by atoms with Crippen molar-refractivity contribution in [1.82, 2.24) is 0 Å². The first-order chi connectivity index (χ1) is 12.2. The average molecular weight is 468 g/mol. The van der Waals surface area contributed by atoms with E-state index in [1.807, 2.05) is 22.7 Å². The predicted molar refractivity (Wildman–Crippen MR) is 122 cm³/mol. The molecule has 2 aromatic heterocycles. The molecule has 0 spiro atoms. The molecule has 0 unspecified atom stereocenters. The molecule has 0 nitrogen and oxygen atoms in total. The summed E-state index contributed by atoms with van der Waals surface area (Å²) < 4.78 is 5.30. The third-order valence-electron chi connectivity index (χ3n) is 4.58. The van der Waals surface area contributed by atoms with Gasteiger partial charge in [-0.1, -0.05) is 61.2 Å². The molecule has 120 valence electrons. The molecule has 0 saturated heterocycles. The van der Waals surface area contributed by atoms with Crippen LogP contribution in [0.5, 0.6) is 0 Å². The first-order valence-electron chi connectivity index (χ1n) is 8.01. The Bertz CT molecular complexity index is 1270. The topological polar surface area (TPSA) is 0 Å². The summed E-state index contributed by atoms with van der Waals surface area (Å²) in [5, 5.41) is 3.97. The second kappa shape index (κ2) is 5.94. The lowest BCUT2D eigenvalue weighted by Gasteiger charge is -2.08. The maximum Gasteiger partial charge on any atom is 0.0744 e. The van der Waals surface area contributed by atoms with Crippen molar-refractivity contribution in [3.63, 3.8) is 0 Å². The highest BCUT2D eigenvalue weighted by atomic mass is 127. The van der Waals surface area contributed by atoms with E-state index >= 15 is 0 Å². The molecule has 0 aliphatic rings. The zero-order chi connectivity index (χ0) is 17.0. The quantitative estimate of drug-likeness (QED) is 0.231. The van der Waals surface area contributed by atoms with E-state index in [1.165, 1.54) is 44.3 Å². The van der Waals surface area contributed by atoms with E-state index in [4.69, 9.17) is 0 Å². The molecule has 0 N–H and O–H groups in total. The Balaban J connectivity index is 1.80. The van der Waals surface area contributed by atoms with Crippen molar-refractivity contribution < 1.29 is 0 Å². The van der Waals surface area contributed by atoms with E-state index in [-0.39, 0.29) is 0 Å². The molecular weight excluding hydrogens is 455 g/mol. The Kier molecular flexibility index (Phi) is 3.69. The van der Waals surface area contributed by atoms with Crippen LogP contribution in [0.1, 0.15) is 11.1 Å². The fourth-order valence-corrected chi connectivity index (χ4v) is 6.94. The molecule has 2 heterocycles. The van der Waals surface area contributed by atoms with Crippen LogP contribution >= 0.6 is 45.3 Å². The van der Waals surface area contributed by atoms with Crippen LogP contribution in [0.3, 0.4) is 0 Å². The van der Waals surface area contributed by atoms with Gasteiger partial charge in [0.1, 0.15) is 0 Å². The molecule has 0 bridgehead atoms. The molecule has 0 amide bonds. The van der Waals surface area contributed by atoms with Gasteiger partial charge in [0.15, 0.2) is 0 Å². The van der Waals surface area contributed by atoms with E-state index in [0.717, 1.165) is 5.57 Å². The SMILES string of the molecule is C=C(c1c(I)sc2ccccc12)c1cccc2c1sc1ccccc12. The largest absolute Gasteiger partial charge is 0.135 e. The van der Waals surface area contributed by atoms with Gasteiger partial charge in [-0.05, 0) is 45.9 Å². The molecule has 5 aromatic rings. The van der Waals surface area contributed by atoms with Crippen LogP contribution in [0.25, 0.3) is 35.8 Å². The maximum atomic E-state index is 4.51. The minimum Gasteiger partial charge on any atom is -0.135 e. The maximum absolute atomic E-state index is 4.51. The van der Waals surface area contributed by atoms with Crippen LogP contribution in [0.4, 0.5) is 0 Å². The predicted octanol–water partition coefficient (Wildman–Crippen LogP) is 7.94. The normalized spacial score (nSPS) is 11.6. The zero-order valence-corrected chi connectivity index (χ0v) is 17.0. The van der Waals surface area contributed by atoms with Crippen molar-refractivity contribution in [3.8, 4) is 0 Å². The van der Waals surface area contributed by atoms with E-state index in [0.29, 0.717) is 0 Å². The van der Waals surface area contributed by atoms with Gasteiger partial charge in [-0.25, -0.2) is 0 Å². The summed E-state index contributed by atoms with van der Waals surface area (Å²) in [6.07, 6.45) is 0. The summed E-state index contributed by atoms with van der Waals surface area (Å²) in [6, 6.07) is 23.9. The summed E-state index contributed by atoms with van der Waals surface area (Å²) in [4.78, 5) is 0. The molecule has 0 saturated carbocycles. The molecule has 3 heteroatoms. The van der Waals surface area contributed by atoms with Crippen molar-refractivity contribution in [3.05, 3.63) is 87.3 Å². The Morgan fingerprint density at radius 2 is 1.36 bits per heavy atom. The Hall–Kier alpha value is -1.69. The van der Waals surface area contributed by atoms with Gasteiger partial charge >= 0.3 is 0 Å². The molecule has 0 aliphatic carbocycles. The van der Waals surface area contributed by atoms with Crippen LogP contribution in [0.2, 0.25) is 0 Å². The lowest BCUT2D eigenvalue weighted by Crippen LogP contribution is -1.87. The van der Waals surface area contributed by atoms with E-state index < -0.39 is 0 Å². The first-order valence-corrected chi connectivity index (χ1v) is 10.7. The highest BCUT2D eigenvalue weighted by Gasteiger charge is 2.17. The molecule has 3 aromatic carbocycles. The monoisotopic (exact) mass is 468 g/mol. The summed E-state index contributed by atoms with van der Waals surface area (Å²) in [5.41, 5.74) is 3.66. The summed E-state index contributed by atoms with van der Waals surface area (Å²) in [5.74, 6) is 0. The highest BCUT2D eigenvalue weighted by Crippen LogP contribution is 2.43. The van der Waals surface area contributed by atoms with Gasteiger partial charge in [-0.15, -0.1) is 22.7 Å². The number of fused-ring (bicyclic) bond motifs is 4. The minimum absolute atomic E-state index is 1.12. The summed E-state index contributed by atoms with van der Waals surface area (Å²) in [6.45, 7) is 4.51. The lowest BCUT2D eigenvalue weighted by molar-refractivity contribution is 1.69. The standard InChI is InChI=1S/C22H13IS2/c1-13(20-17-8-3-5-12-19(17)25-22(20)23)14-9-6-10-16-15-7-2-4-11-18(15)24-21(14)16/h2-12H,1H2. The fraction of sp³-hybridized carbons (Fsp3) is 0. The van der Waals surface area contributed by atoms with Crippen LogP contribution in [-0.2, 0) is 0 Å². The number of hydrogen-bond donors (Lipinski definition) is 0. The van der Waals surface area contributed by atoms with Crippen LogP contribution < -0.4 is 0 Å². The third-order valence-corrected chi connectivity index (χ3v) is 7.96. The van der Waals surface area contributed by atoms with Gasteiger partial charge in [0.2, 0.25) is 0 Å². The number of halogens is 1. The Morgan fingerprint density at radius 1 is 0.720 bits per heavy atom. The zero-order valence-electron chi connectivity index (χ0n) is 13.3. The van der Waals surface area contributed by atoms with Crippen molar-refractivity contribution >= 4 is 81.1 Å². The van der Waals surface area contributed by atoms with Gasteiger partial charge in [-0.3, -0.25) is 0 Å². The van der Waals surface area contributed by atoms with Gasteiger partial charge in [-0.2, -0.15) is 0 Å². The molecular formula is C22H13IS2. The van der Waals surface area contributed by atoms with E-state index in [1.54, 1.807) is 0 Å². The van der Waals surface area contributed by atoms with E-state index in [9.17, 15) is 0 Å². The van der Waals surface area contributed by atoms with E-state index in [2.05, 4.69) is 95.9 Å². The first kappa shape index (κ1) is 15.6. The molecule has 0 fully saturated rings. The minimum atomic E-state index is 1.12. The molecule has 0 atom stereocenters. The summed E-state index contributed by atoms with van der Waals surface area (Å²) >= 11 is 6.16. The van der Waals surface area contributed by atoms with Crippen molar-refractivity contribution in [2.75, 3.05) is 0 Å². The molecule has 25 heavy (non-hydrogen) atoms. The lowest BCUT2D eigenvalue weighted by atomic mass is 9.97. The second-order valence-corrected chi connectivity index (χ2v) is 9.92. The van der Waals surface area contributed by atoms with Crippen LogP contribution in [0.15, 0.2) is 73.3 Å². The van der Waals surface area contributed by atoms with Crippen molar-refractivity contribution in [1.29, 1.82) is 0 Å². The van der Waals surface area contributed by atoms with Gasteiger partial charge in [0.05, 0.1) is 2.88 Å². The number of hydrogen-bond acceptors (Lipinski definition) is 2. The number of rotatable bonds is 2. The third kappa shape index (κ3) is 2.37. The summed E-state index contributed by atoms with van der Waals surface area (Å²) in [7, 11) is 0. The van der Waals surface area contributed by atoms with Gasteiger partial charge < -0.3 is 0 Å². The highest BCUT2D eigenvalue weighted by molar-refractivity contribution is 14.1. The van der Waals surface area contributed by atoms with Crippen molar-refractivity contribution in [2.24, 2.45) is 0 Å². The smallest absolute Gasteiger partial charge is 0.0744 e. The molecule has 0 radical (unpaired) electrons. The molecule has 5 rings (SSSR count). The van der Waals surface area contributed by atoms with Gasteiger partial charge in [0.25, 0.3) is 0 Å². The van der Waals surface area contributed by atoms with Gasteiger partial charge in [0, 0.05) is 35.8 Å². The number of thiophene rings is 2. The average Bonchev–Trinajstić information content (AvgIpc) is 3.17. The fourth-order valence-electron chi connectivity index (χ4n) is 3.42. The van der Waals surface area contributed by atoms with Crippen LogP contribution in [0, 0.1) is 2.88 Å². The van der Waals surface area contributed by atoms with Crippen LogP contribution in [-0.4, -0.2) is 0 Å². The van der Waals surface area contributed by atoms with Crippen molar-refractivity contribution in [2.45, 2.75) is 0 Å². The second-order valence-electron chi connectivity index (χ2n) is 6.01.